The number of likely N-dealkylation sites (tertiary alicyclic amines) is 1. The van der Waals surface area contributed by atoms with Crippen molar-refractivity contribution in [2.75, 3.05) is 32.9 Å². The second-order valence-corrected chi connectivity index (χ2v) is 16.6. The number of nitrogens with zero attached hydrogens (tertiary/aromatic N) is 2. The first-order valence-corrected chi connectivity index (χ1v) is 17.5. The van der Waals surface area contributed by atoms with Crippen LogP contribution in [0.15, 0.2) is 12.7 Å². The Hall–Kier alpha value is -3.00. The highest BCUT2D eigenvalue weighted by molar-refractivity contribution is 7.88. The lowest BCUT2D eigenvalue weighted by atomic mass is 9.80. The van der Waals surface area contributed by atoms with Gasteiger partial charge in [0.2, 0.25) is 27.6 Å². The molecule has 0 aromatic heterocycles. The van der Waals surface area contributed by atoms with Gasteiger partial charge in [-0.3, -0.25) is 19.2 Å². The molecule has 14 heteroatoms. The minimum Gasteiger partial charge on any atom is -0.346 e. The number of likely N-dealkylation sites (N-methyl/N-ethyl adjacent to an activating group) is 1. The van der Waals surface area contributed by atoms with Gasteiger partial charge in [0.1, 0.15) is 12.1 Å². The topological polar surface area (TPSA) is 174 Å². The molecular weight excluding hydrogens is 600 g/mol. The van der Waals surface area contributed by atoms with Crippen LogP contribution in [0.5, 0.6) is 0 Å². The number of urea groups is 1. The maximum absolute atomic E-state index is 14.0. The van der Waals surface area contributed by atoms with Gasteiger partial charge in [0, 0.05) is 32.7 Å². The molecule has 13 nitrogen and oxygen atoms in total. The number of hydrogen-bond donors (Lipinski definition) is 4. The molecule has 0 aromatic rings. The Morgan fingerprint density at radius 2 is 1.58 bits per heavy atom. The maximum atomic E-state index is 14.0. The molecule has 4 atom stereocenters. The third-order valence-corrected chi connectivity index (χ3v) is 9.92. The predicted octanol–water partition coefficient (Wildman–Crippen LogP) is 1.54. The van der Waals surface area contributed by atoms with Crippen molar-refractivity contribution in [3.63, 3.8) is 0 Å². The zero-order chi connectivity index (χ0) is 34.3. The van der Waals surface area contributed by atoms with Crippen molar-refractivity contribution < 1.29 is 32.4 Å². The molecule has 1 aliphatic carbocycles. The maximum Gasteiger partial charge on any atom is 0.315 e. The van der Waals surface area contributed by atoms with Crippen molar-refractivity contribution in [2.24, 2.45) is 16.7 Å². The summed E-state index contributed by atoms with van der Waals surface area (Å²) in [5.74, 6) is -2.24. The van der Waals surface area contributed by atoms with E-state index in [4.69, 9.17) is 0 Å². The predicted molar refractivity (Wildman–Crippen MR) is 172 cm³/mol. The highest BCUT2D eigenvalue weighted by Crippen LogP contribution is 2.31. The molecule has 256 valence electrons. The van der Waals surface area contributed by atoms with Crippen LogP contribution >= 0.6 is 0 Å². The van der Waals surface area contributed by atoms with Crippen LogP contribution in [0.3, 0.4) is 0 Å². The Morgan fingerprint density at radius 3 is 2.07 bits per heavy atom. The van der Waals surface area contributed by atoms with Gasteiger partial charge in [-0.1, -0.05) is 66.9 Å². The van der Waals surface area contributed by atoms with Crippen LogP contribution in [0.25, 0.3) is 0 Å². The first-order chi connectivity index (χ1) is 20.7. The van der Waals surface area contributed by atoms with Gasteiger partial charge in [0.05, 0.1) is 12.3 Å². The second-order valence-electron chi connectivity index (χ2n) is 14.5. The minimum absolute atomic E-state index is 0.0324. The van der Waals surface area contributed by atoms with Crippen molar-refractivity contribution in [1.29, 1.82) is 0 Å². The number of ketones is 1. The van der Waals surface area contributed by atoms with Crippen LogP contribution in [-0.2, 0) is 29.2 Å². The van der Waals surface area contributed by atoms with Crippen molar-refractivity contribution in [3.8, 4) is 0 Å². The van der Waals surface area contributed by atoms with Gasteiger partial charge in [0.15, 0.2) is 0 Å². The number of carbonyl (C=O) groups is 5. The number of hydrogen-bond acceptors (Lipinski definition) is 7. The lowest BCUT2D eigenvalue weighted by Crippen LogP contribution is -2.62. The molecule has 4 unspecified atom stereocenters. The summed E-state index contributed by atoms with van der Waals surface area (Å²) < 4.78 is 25.2. The number of amides is 5. The Morgan fingerprint density at radius 1 is 0.956 bits per heavy atom. The summed E-state index contributed by atoms with van der Waals surface area (Å²) in [5.41, 5.74) is -1.25. The van der Waals surface area contributed by atoms with Crippen LogP contribution < -0.4 is 21.3 Å². The van der Waals surface area contributed by atoms with Crippen molar-refractivity contribution in [2.45, 2.75) is 104 Å². The molecule has 45 heavy (non-hydrogen) atoms. The molecule has 0 spiro atoms. The number of Topliss-reactive ketones (excluding diaryl/α,β-unsaturated/α-hetero) is 1. The van der Waals surface area contributed by atoms with Crippen LogP contribution in [0.1, 0.15) is 80.1 Å². The first-order valence-electron chi connectivity index (χ1n) is 15.7. The Bertz CT molecular complexity index is 1220. The lowest BCUT2D eigenvalue weighted by Gasteiger charge is -2.38. The van der Waals surface area contributed by atoms with Gasteiger partial charge in [-0.05, 0) is 36.0 Å². The van der Waals surface area contributed by atoms with Crippen LogP contribution in [0.4, 0.5) is 4.79 Å². The summed E-state index contributed by atoms with van der Waals surface area (Å²) in [6.45, 7) is 15.0. The summed E-state index contributed by atoms with van der Waals surface area (Å²) in [7, 11) is -2.06. The van der Waals surface area contributed by atoms with Gasteiger partial charge in [-0.2, -0.15) is 0 Å². The van der Waals surface area contributed by atoms with Crippen LogP contribution in [0, 0.1) is 16.7 Å². The van der Waals surface area contributed by atoms with E-state index in [9.17, 15) is 32.4 Å². The monoisotopic (exact) mass is 654 g/mol. The molecule has 4 N–H and O–H groups in total. The zero-order valence-corrected chi connectivity index (χ0v) is 29.0. The molecule has 5 amide bonds. The molecule has 2 aliphatic rings. The fourth-order valence-electron chi connectivity index (χ4n) is 5.35. The number of sulfonamides is 1. The number of carbonyl (C=O) groups excluding carboxylic acids is 5. The third kappa shape index (κ3) is 11.1. The van der Waals surface area contributed by atoms with Gasteiger partial charge in [-0.15, -0.1) is 6.58 Å². The molecule has 0 radical (unpaired) electrons. The van der Waals surface area contributed by atoms with Gasteiger partial charge < -0.3 is 26.2 Å². The Balaban J connectivity index is 2.21. The third-order valence-electron chi connectivity index (χ3n) is 8.64. The number of rotatable bonds is 14. The van der Waals surface area contributed by atoms with E-state index in [2.05, 4.69) is 27.8 Å². The summed E-state index contributed by atoms with van der Waals surface area (Å²) in [6, 6.07) is -4.11. The average molecular weight is 655 g/mol. The normalized spacial score (nSPS) is 19.6. The van der Waals surface area contributed by atoms with E-state index in [0.717, 1.165) is 29.8 Å². The van der Waals surface area contributed by atoms with E-state index in [1.54, 1.807) is 20.8 Å². The standard InChI is InChI=1S/C31H54N6O7S/c1-10-16-32-27(40)24(38)21(18-20-13-11-14-20)33-26(39)22-15-12-17-37(22)28(41)25(31(5,6)7)35-29(42)34-23(30(2,3)4)19-36(8)45(9,43)44/h10,20-23,25H,1,11-19H2,2-9H3,(H,32,40)(H,33,39)(H2,34,35,42). The van der Waals surface area contributed by atoms with Crippen molar-refractivity contribution in [1.82, 2.24) is 30.5 Å². The largest absolute Gasteiger partial charge is 0.346 e. The SMILES string of the molecule is C=CCNC(=O)C(=O)C(CC1CCC1)NC(=O)C1CCCN1C(=O)C(NC(=O)NC(CN(C)S(C)(=O)=O)C(C)(C)C)C(C)(C)C. The molecule has 1 aliphatic heterocycles. The quantitative estimate of drug-likeness (QED) is 0.162. The second kappa shape index (κ2) is 15.5. The molecule has 2 rings (SSSR count). The smallest absolute Gasteiger partial charge is 0.315 e. The van der Waals surface area contributed by atoms with E-state index in [1.165, 1.54) is 18.0 Å². The first kappa shape index (κ1) is 38.2. The van der Waals surface area contributed by atoms with Crippen LogP contribution in [0.2, 0.25) is 0 Å². The molecule has 1 heterocycles. The highest BCUT2D eigenvalue weighted by Gasteiger charge is 2.43. The van der Waals surface area contributed by atoms with Gasteiger partial charge in [-0.25, -0.2) is 17.5 Å². The van der Waals surface area contributed by atoms with Gasteiger partial charge in [0.25, 0.3) is 5.91 Å². The molecule has 1 saturated carbocycles. The fraction of sp³-hybridized carbons (Fsp3) is 0.774. The average Bonchev–Trinajstić information content (AvgIpc) is 3.39. The lowest BCUT2D eigenvalue weighted by molar-refractivity contribution is -0.144. The number of nitrogens with one attached hydrogen (secondary N) is 4. The van der Waals surface area contributed by atoms with E-state index in [0.29, 0.717) is 19.3 Å². The van der Waals surface area contributed by atoms with E-state index in [1.807, 2.05) is 20.8 Å². The fourth-order valence-corrected chi connectivity index (χ4v) is 5.77. The summed E-state index contributed by atoms with van der Waals surface area (Å²) in [5, 5.41) is 10.9. The Kier molecular flexibility index (Phi) is 13.2. The highest BCUT2D eigenvalue weighted by atomic mass is 32.2. The summed E-state index contributed by atoms with van der Waals surface area (Å²) in [6.07, 6.45) is 6.70. The van der Waals surface area contributed by atoms with Crippen molar-refractivity contribution in [3.05, 3.63) is 12.7 Å². The van der Waals surface area contributed by atoms with E-state index in [-0.39, 0.29) is 25.6 Å². The Labute approximate surface area is 268 Å². The molecule has 0 aromatic carbocycles. The van der Waals surface area contributed by atoms with E-state index >= 15 is 0 Å². The summed E-state index contributed by atoms with van der Waals surface area (Å²) in [4.78, 5) is 67.8. The van der Waals surface area contributed by atoms with Crippen molar-refractivity contribution >= 4 is 39.6 Å². The zero-order valence-electron chi connectivity index (χ0n) is 28.2. The van der Waals surface area contributed by atoms with Crippen LogP contribution in [-0.4, -0.2) is 104 Å². The van der Waals surface area contributed by atoms with Gasteiger partial charge >= 0.3 is 6.03 Å². The molecule has 2 fully saturated rings. The molecule has 0 bridgehead atoms. The minimum atomic E-state index is -3.49. The molecular formula is C31H54N6O7S. The molecule has 1 saturated heterocycles. The van der Waals surface area contributed by atoms with E-state index < -0.39 is 74.6 Å². The summed E-state index contributed by atoms with van der Waals surface area (Å²) >= 11 is 0.